The van der Waals surface area contributed by atoms with Gasteiger partial charge in [0, 0.05) is 12.5 Å². The molecule has 3 aromatic carbocycles. The molecule has 5 rings (SSSR count). The fourth-order valence-corrected chi connectivity index (χ4v) is 5.41. The molecule has 0 aromatic heterocycles. The summed E-state index contributed by atoms with van der Waals surface area (Å²) in [6, 6.07) is 27.6. The smallest absolute Gasteiger partial charge is 0.325 e. The number of hydrogen-bond acceptors (Lipinski definition) is 3. The van der Waals surface area contributed by atoms with Gasteiger partial charge >= 0.3 is 6.03 Å². The third-order valence-electron chi connectivity index (χ3n) is 7.11. The first-order valence-electron chi connectivity index (χ1n) is 12.2. The third-order valence-corrected chi connectivity index (χ3v) is 7.11. The molecular formula is C29H29N3O3. The molecule has 6 nitrogen and oxygen atoms in total. The van der Waals surface area contributed by atoms with Crippen molar-refractivity contribution in [1.29, 1.82) is 0 Å². The molecule has 3 aromatic rings. The molecule has 1 atom stereocenters. The lowest BCUT2D eigenvalue weighted by Gasteiger charge is -2.33. The second-order valence-corrected chi connectivity index (χ2v) is 9.25. The molecule has 1 unspecified atom stereocenters. The minimum Gasteiger partial charge on any atom is -0.355 e. The van der Waals surface area contributed by atoms with E-state index in [1.54, 1.807) is 0 Å². The van der Waals surface area contributed by atoms with Crippen LogP contribution in [-0.4, -0.2) is 35.8 Å². The van der Waals surface area contributed by atoms with E-state index < -0.39 is 11.6 Å². The van der Waals surface area contributed by atoms with E-state index in [1.165, 1.54) is 11.1 Å². The number of fused-ring (bicyclic) bond motifs is 2. The van der Waals surface area contributed by atoms with E-state index in [1.807, 2.05) is 60.7 Å². The molecule has 0 bridgehead atoms. The van der Waals surface area contributed by atoms with Crippen LogP contribution in [0.1, 0.15) is 47.4 Å². The molecule has 1 aliphatic carbocycles. The first-order valence-corrected chi connectivity index (χ1v) is 12.2. The van der Waals surface area contributed by atoms with Crippen LogP contribution in [0.3, 0.4) is 0 Å². The highest BCUT2D eigenvalue weighted by atomic mass is 16.2. The van der Waals surface area contributed by atoms with Crippen molar-refractivity contribution in [3.8, 4) is 0 Å². The van der Waals surface area contributed by atoms with Crippen molar-refractivity contribution in [1.82, 2.24) is 15.5 Å². The standard InChI is InChI=1S/C29H29N3O3/c33-26(30-19-17-24(21-10-3-1-4-11-21)22-12-5-2-6-13-22)20-32-27(34)29(31-28(32)35)18-9-15-23-14-7-8-16-25(23)29/h1-8,10-14,16,24H,9,15,17-20H2,(H,30,33)(H,31,35). The molecule has 4 amide bonds. The highest BCUT2D eigenvalue weighted by molar-refractivity contribution is 6.09. The zero-order chi connectivity index (χ0) is 24.3. The van der Waals surface area contributed by atoms with Crippen molar-refractivity contribution in [3.63, 3.8) is 0 Å². The minimum atomic E-state index is -1.06. The first kappa shape index (κ1) is 22.8. The number of nitrogens with zero attached hydrogens (tertiary/aromatic N) is 1. The molecule has 2 aliphatic rings. The van der Waals surface area contributed by atoms with Crippen LogP contribution in [-0.2, 0) is 21.5 Å². The molecular weight excluding hydrogens is 438 g/mol. The van der Waals surface area contributed by atoms with E-state index in [0.717, 1.165) is 28.9 Å². The van der Waals surface area contributed by atoms with Gasteiger partial charge in [-0.05, 0) is 47.9 Å². The quantitative estimate of drug-likeness (QED) is 0.514. The van der Waals surface area contributed by atoms with E-state index in [4.69, 9.17) is 0 Å². The first-order chi connectivity index (χ1) is 17.1. The van der Waals surface area contributed by atoms with Crippen molar-refractivity contribution in [2.24, 2.45) is 0 Å². The number of carbonyl (C=O) groups is 3. The van der Waals surface area contributed by atoms with Crippen LogP contribution in [0.5, 0.6) is 0 Å². The Morgan fingerprint density at radius 2 is 1.54 bits per heavy atom. The van der Waals surface area contributed by atoms with E-state index in [-0.39, 0.29) is 24.3 Å². The van der Waals surface area contributed by atoms with Gasteiger partial charge in [-0.15, -0.1) is 0 Å². The van der Waals surface area contributed by atoms with Crippen molar-refractivity contribution < 1.29 is 14.4 Å². The topological polar surface area (TPSA) is 78.5 Å². The van der Waals surface area contributed by atoms with Gasteiger partial charge in [-0.1, -0.05) is 84.9 Å². The highest BCUT2D eigenvalue weighted by Gasteiger charge is 2.54. The molecule has 0 radical (unpaired) electrons. The largest absolute Gasteiger partial charge is 0.355 e. The summed E-state index contributed by atoms with van der Waals surface area (Å²) in [5, 5.41) is 5.82. The van der Waals surface area contributed by atoms with E-state index in [0.29, 0.717) is 19.4 Å². The van der Waals surface area contributed by atoms with Gasteiger partial charge in [-0.3, -0.25) is 14.5 Å². The van der Waals surface area contributed by atoms with Crippen LogP contribution in [0.15, 0.2) is 84.9 Å². The van der Waals surface area contributed by atoms with Gasteiger partial charge in [0.15, 0.2) is 0 Å². The van der Waals surface area contributed by atoms with Crippen molar-refractivity contribution in [2.45, 2.75) is 37.1 Å². The summed E-state index contributed by atoms with van der Waals surface area (Å²) in [6.07, 6.45) is 2.94. The zero-order valence-electron chi connectivity index (χ0n) is 19.6. The number of hydrogen-bond donors (Lipinski definition) is 2. The van der Waals surface area contributed by atoms with Gasteiger partial charge in [0.2, 0.25) is 5.91 Å². The van der Waals surface area contributed by atoms with E-state index >= 15 is 0 Å². The van der Waals surface area contributed by atoms with Crippen LogP contribution >= 0.6 is 0 Å². The second-order valence-electron chi connectivity index (χ2n) is 9.25. The van der Waals surface area contributed by atoms with Gasteiger partial charge in [0.25, 0.3) is 5.91 Å². The predicted molar refractivity (Wildman–Crippen MR) is 134 cm³/mol. The molecule has 1 fully saturated rings. The Balaban J connectivity index is 1.24. The Labute approximate surface area is 205 Å². The Kier molecular flexibility index (Phi) is 6.36. The normalized spacial score (nSPS) is 19.1. The lowest BCUT2D eigenvalue weighted by atomic mass is 9.76. The molecule has 1 saturated heterocycles. The Morgan fingerprint density at radius 1 is 0.914 bits per heavy atom. The van der Waals surface area contributed by atoms with Gasteiger partial charge in [0.05, 0.1) is 0 Å². The number of carbonyl (C=O) groups excluding carboxylic acids is 3. The monoisotopic (exact) mass is 467 g/mol. The van der Waals surface area contributed by atoms with Crippen LogP contribution in [0, 0.1) is 0 Å². The maximum absolute atomic E-state index is 13.4. The summed E-state index contributed by atoms with van der Waals surface area (Å²) >= 11 is 0. The lowest BCUT2D eigenvalue weighted by molar-refractivity contribution is -0.135. The number of amides is 4. The van der Waals surface area contributed by atoms with Crippen LogP contribution in [0.25, 0.3) is 0 Å². The average molecular weight is 468 g/mol. The number of benzene rings is 3. The number of rotatable bonds is 7. The number of aryl methyl sites for hydroxylation is 1. The number of urea groups is 1. The van der Waals surface area contributed by atoms with Crippen molar-refractivity contribution in [2.75, 3.05) is 13.1 Å². The van der Waals surface area contributed by atoms with Crippen molar-refractivity contribution in [3.05, 3.63) is 107 Å². The Hall–Kier alpha value is -3.93. The SMILES string of the molecule is O=C(CN1C(=O)NC2(CCCc3ccccc32)C1=O)NCCC(c1ccccc1)c1ccccc1. The Bertz CT molecular complexity index is 1190. The van der Waals surface area contributed by atoms with E-state index in [9.17, 15) is 14.4 Å². The second kappa shape index (κ2) is 9.74. The Morgan fingerprint density at radius 3 is 2.23 bits per heavy atom. The number of imide groups is 1. The summed E-state index contributed by atoms with van der Waals surface area (Å²) in [5.41, 5.74) is 3.23. The van der Waals surface area contributed by atoms with Gasteiger partial charge in [0.1, 0.15) is 12.1 Å². The van der Waals surface area contributed by atoms with E-state index in [2.05, 4.69) is 34.9 Å². The number of nitrogens with one attached hydrogen (secondary N) is 2. The average Bonchev–Trinajstić information content (AvgIpc) is 3.12. The lowest BCUT2D eigenvalue weighted by Crippen LogP contribution is -2.47. The minimum absolute atomic E-state index is 0.136. The fraction of sp³-hybridized carbons (Fsp3) is 0.276. The molecule has 2 N–H and O–H groups in total. The summed E-state index contributed by atoms with van der Waals surface area (Å²) in [7, 11) is 0. The summed E-state index contributed by atoms with van der Waals surface area (Å²) < 4.78 is 0. The zero-order valence-corrected chi connectivity index (χ0v) is 19.6. The third kappa shape index (κ3) is 4.44. The molecule has 6 heteroatoms. The molecule has 0 saturated carbocycles. The van der Waals surface area contributed by atoms with Gasteiger partial charge < -0.3 is 10.6 Å². The molecule has 35 heavy (non-hydrogen) atoms. The van der Waals surface area contributed by atoms with Gasteiger partial charge in [-0.2, -0.15) is 0 Å². The maximum Gasteiger partial charge on any atom is 0.325 e. The van der Waals surface area contributed by atoms with Crippen LogP contribution in [0.4, 0.5) is 4.79 Å². The molecule has 178 valence electrons. The summed E-state index contributed by atoms with van der Waals surface area (Å²) in [6.45, 7) is 0.154. The summed E-state index contributed by atoms with van der Waals surface area (Å²) in [5.74, 6) is -0.540. The van der Waals surface area contributed by atoms with Crippen LogP contribution in [0.2, 0.25) is 0 Å². The summed E-state index contributed by atoms with van der Waals surface area (Å²) in [4.78, 5) is 40.0. The molecule has 1 aliphatic heterocycles. The highest BCUT2D eigenvalue weighted by Crippen LogP contribution is 2.39. The van der Waals surface area contributed by atoms with Crippen molar-refractivity contribution >= 4 is 17.8 Å². The molecule has 1 spiro atoms. The fourth-order valence-electron chi connectivity index (χ4n) is 5.41. The molecule has 1 heterocycles. The van der Waals surface area contributed by atoms with Gasteiger partial charge in [-0.25, -0.2) is 4.79 Å². The van der Waals surface area contributed by atoms with Crippen LogP contribution < -0.4 is 10.6 Å². The predicted octanol–water partition coefficient (Wildman–Crippen LogP) is 4.11. The maximum atomic E-state index is 13.4.